The zero-order valence-corrected chi connectivity index (χ0v) is 23.9. The van der Waals surface area contributed by atoms with Crippen molar-refractivity contribution in [1.82, 2.24) is 24.6 Å². The van der Waals surface area contributed by atoms with Crippen LogP contribution in [-0.4, -0.2) is 80.4 Å². The van der Waals surface area contributed by atoms with Gasteiger partial charge < -0.3 is 34.3 Å². The summed E-state index contributed by atoms with van der Waals surface area (Å²) < 4.78 is 49.9. The van der Waals surface area contributed by atoms with Gasteiger partial charge in [-0.3, -0.25) is 13.9 Å². The molecule has 2 bridgehead atoms. The number of aromatic nitrogens is 4. The third-order valence-electron chi connectivity index (χ3n) is 6.47. The van der Waals surface area contributed by atoms with E-state index in [1.807, 2.05) is 0 Å². The van der Waals surface area contributed by atoms with Gasteiger partial charge in [0.25, 0.3) is 0 Å². The molecule has 2 saturated heterocycles. The second kappa shape index (κ2) is 11.5. The monoisotopic (exact) mass is 592 g/mol. The molecule has 1 aromatic carbocycles. The zero-order valence-electron chi connectivity index (χ0n) is 23.0. The predicted octanol–water partition coefficient (Wildman–Crippen LogP) is 1.97. The molecule has 0 radical (unpaired) electrons. The van der Waals surface area contributed by atoms with E-state index in [2.05, 4.69) is 20.0 Å². The highest BCUT2D eigenvalue weighted by Gasteiger charge is 2.63. The normalized spacial score (nSPS) is 25.8. The summed E-state index contributed by atoms with van der Waals surface area (Å²) in [6.07, 6.45) is -1.80. The molecule has 0 saturated carbocycles. The van der Waals surface area contributed by atoms with E-state index in [9.17, 15) is 14.5 Å². The van der Waals surface area contributed by atoms with Crippen LogP contribution in [0.2, 0.25) is 0 Å². The van der Waals surface area contributed by atoms with Crippen LogP contribution in [0, 0.1) is 0 Å². The number of nitrogens with two attached hydrogens (primary N) is 1. The summed E-state index contributed by atoms with van der Waals surface area (Å²) in [6, 6.07) is 7.30. The van der Waals surface area contributed by atoms with Gasteiger partial charge in [0, 0.05) is 0 Å². The molecule has 2 aliphatic rings. The molecule has 4 heterocycles. The fourth-order valence-corrected chi connectivity index (χ4v) is 6.15. The summed E-state index contributed by atoms with van der Waals surface area (Å²) in [5.41, 5.74) is 5.15. The largest absolute Gasteiger partial charge is 0.476 e. The smallest absolute Gasteiger partial charge is 0.459 e. The maximum atomic E-state index is 13.9. The first-order chi connectivity index (χ1) is 19.5. The molecule has 0 unspecified atom stereocenters. The Labute approximate surface area is 235 Å². The van der Waals surface area contributed by atoms with Crippen molar-refractivity contribution >= 4 is 30.8 Å². The highest BCUT2D eigenvalue weighted by atomic mass is 31.2. The first-order valence-electron chi connectivity index (χ1n) is 13.1. The topological polar surface area (TPSA) is 191 Å². The number of anilines is 1. The number of benzene rings is 1. The molecule has 2 aromatic heterocycles. The molecule has 41 heavy (non-hydrogen) atoms. The maximum Gasteiger partial charge on any atom is 0.459 e. The van der Waals surface area contributed by atoms with Crippen molar-refractivity contribution in [2.45, 2.75) is 63.9 Å². The molecule has 3 aromatic rings. The summed E-state index contributed by atoms with van der Waals surface area (Å²) in [6.45, 7) is 6.57. The summed E-state index contributed by atoms with van der Waals surface area (Å²) in [7, 11) is -4.22. The Morgan fingerprint density at radius 3 is 2.76 bits per heavy atom. The molecule has 0 amide bonds. The molecule has 0 spiro atoms. The van der Waals surface area contributed by atoms with Gasteiger partial charge in [-0.15, -0.1) is 0 Å². The Kier molecular flexibility index (Phi) is 8.19. The quantitative estimate of drug-likeness (QED) is 0.204. The minimum Gasteiger partial charge on any atom is -0.476 e. The van der Waals surface area contributed by atoms with Crippen molar-refractivity contribution in [3.63, 3.8) is 0 Å². The molecule has 222 valence electrons. The van der Waals surface area contributed by atoms with Gasteiger partial charge in [0.2, 0.25) is 11.8 Å². The molecule has 2 fully saturated rings. The lowest BCUT2D eigenvalue weighted by Crippen LogP contribution is -2.46. The SMILES string of the molecule is CCOc1nc(N)nc2c1ncn2[C@@H]1O[C@@]2(CO[P@](=O)(N[C@@H](C)C(=O)OC(C)C)Oc3ccccc3)CO[C@@H]1[C@@H]2O. The molecule has 6 atom stereocenters. The van der Waals surface area contributed by atoms with Crippen molar-refractivity contribution in [3.8, 4) is 11.6 Å². The van der Waals surface area contributed by atoms with Gasteiger partial charge in [0.15, 0.2) is 17.4 Å². The van der Waals surface area contributed by atoms with E-state index in [1.165, 1.54) is 13.3 Å². The number of aliphatic hydroxyl groups is 1. The average molecular weight is 593 g/mol. The number of imidazole rings is 1. The van der Waals surface area contributed by atoms with Crippen molar-refractivity contribution in [3.05, 3.63) is 36.7 Å². The summed E-state index contributed by atoms with van der Waals surface area (Å²) in [4.78, 5) is 25.2. The number of carbonyl (C=O) groups is 1. The lowest BCUT2D eigenvalue weighted by atomic mass is 10.0. The van der Waals surface area contributed by atoms with E-state index in [0.29, 0.717) is 17.8 Å². The maximum absolute atomic E-state index is 13.9. The Balaban J connectivity index is 1.38. The molecule has 15 nitrogen and oxygen atoms in total. The van der Waals surface area contributed by atoms with E-state index >= 15 is 0 Å². The van der Waals surface area contributed by atoms with Crippen LogP contribution in [0.5, 0.6) is 11.6 Å². The first kappa shape index (κ1) is 29.2. The van der Waals surface area contributed by atoms with Crippen LogP contribution >= 0.6 is 7.75 Å². The van der Waals surface area contributed by atoms with Crippen molar-refractivity contribution in [2.24, 2.45) is 0 Å². The second-order valence-corrected chi connectivity index (χ2v) is 11.6. The number of nitrogens with one attached hydrogen (secondary N) is 1. The Bertz CT molecular complexity index is 1440. The number of fused-ring (bicyclic) bond motifs is 3. The highest BCUT2D eigenvalue weighted by Crippen LogP contribution is 2.51. The minimum absolute atomic E-state index is 0.0273. The Morgan fingerprint density at radius 2 is 2.05 bits per heavy atom. The van der Waals surface area contributed by atoms with E-state index in [-0.39, 0.29) is 30.3 Å². The molecule has 2 aliphatic heterocycles. The summed E-state index contributed by atoms with van der Waals surface area (Å²) in [5.74, 6) is -0.212. The van der Waals surface area contributed by atoms with Crippen LogP contribution in [-0.2, 0) is 28.1 Å². The number of rotatable bonds is 12. The fourth-order valence-electron chi connectivity index (χ4n) is 4.60. The molecule has 16 heteroatoms. The summed E-state index contributed by atoms with van der Waals surface area (Å²) in [5, 5.41) is 13.8. The van der Waals surface area contributed by atoms with Gasteiger partial charge in [-0.1, -0.05) is 18.2 Å². The van der Waals surface area contributed by atoms with Gasteiger partial charge >= 0.3 is 13.7 Å². The number of ether oxygens (including phenoxy) is 4. The molecule has 4 N–H and O–H groups in total. The zero-order chi connectivity index (χ0) is 29.4. The van der Waals surface area contributed by atoms with E-state index in [4.69, 9.17) is 33.7 Å². The fraction of sp³-hybridized carbons (Fsp3) is 0.520. The summed E-state index contributed by atoms with van der Waals surface area (Å²) >= 11 is 0. The van der Waals surface area contributed by atoms with Gasteiger partial charge in [0.1, 0.15) is 29.6 Å². The van der Waals surface area contributed by atoms with Crippen LogP contribution in [0.25, 0.3) is 11.2 Å². The van der Waals surface area contributed by atoms with E-state index in [1.54, 1.807) is 55.7 Å². The third-order valence-corrected chi connectivity index (χ3v) is 8.10. The van der Waals surface area contributed by atoms with Gasteiger partial charge in [0.05, 0.1) is 32.3 Å². The number of esters is 1. The van der Waals surface area contributed by atoms with Crippen LogP contribution in [0.15, 0.2) is 36.7 Å². The average Bonchev–Trinajstić information content (AvgIpc) is 3.57. The van der Waals surface area contributed by atoms with Gasteiger partial charge in [-0.2, -0.15) is 15.1 Å². The van der Waals surface area contributed by atoms with Crippen LogP contribution in [0.1, 0.15) is 33.9 Å². The molecule has 5 rings (SSSR count). The lowest BCUT2D eigenvalue weighted by molar-refractivity contribution is -0.183. The van der Waals surface area contributed by atoms with Crippen molar-refractivity contribution < 1.29 is 42.5 Å². The third kappa shape index (κ3) is 5.87. The Hall–Kier alpha value is -3.33. The first-order valence-corrected chi connectivity index (χ1v) is 14.7. The highest BCUT2D eigenvalue weighted by molar-refractivity contribution is 7.52. The number of para-hydroxylation sites is 1. The second-order valence-electron chi connectivity index (χ2n) is 9.95. The van der Waals surface area contributed by atoms with Crippen molar-refractivity contribution in [2.75, 3.05) is 25.6 Å². The number of nitrogen functional groups attached to an aromatic ring is 1. The molecule has 0 aliphatic carbocycles. The number of nitrogens with zero attached hydrogens (tertiary/aromatic N) is 4. The van der Waals surface area contributed by atoms with Crippen molar-refractivity contribution in [1.29, 1.82) is 0 Å². The predicted molar refractivity (Wildman–Crippen MR) is 144 cm³/mol. The van der Waals surface area contributed by atoms with E-state index < -0.39 is 50.4 Å². The number of hydrogen-bond acceptors (Lipinski definition) is 13. The Morgan fingerprint density at radius 1 is 1.29 bits per heavy atom. The van der Waals surface area contributed by atoms with Gasteiger partial charge in [-0.05, 0) is 39.8 Å². The number of hydrogen-bond donors (Lipinski definition) is 3. The van der Waals surface area contributed by atoms with Crippen LogP contribution < -0.4 is 20.1 Å². The molecular formula is C25H33N6O9P. The van der Waals surface area contributed by atoms with Gasteiger partial charge in [-0.25, -0.2) is 9.55 Å². The lowest BCUT2D eigenvalue weighted by Gasteiger charge is -2.32. The van der Waals surface area contributed by atoms with Crippen LogP contribution in [0.3, 0.4) is 0 Å². The minimum atomic E-state index is -4.22. The van der Waals surface area contributed by atoms with Crippen LogP contribution in [0.4, 0.5) is 5.95 Å². The standard InChI is InChI=1S/C25H33N6O9P/c1-5-35-21-17-20(28-24(26)29-21)31(13-27-17)22-18-19(32)25(39-22,11-36-18)12-37-41(34,40-16-9-7-6-8-10-16)30-15(4)23(33)38-14(2)3/h6-10,13-15,18-19,22,32H,5,11-12H2,1-4H3,(H,30,34)(H2,26,28,29)/t15-,18+,19-,22+,25+,41+/m0/s1. The number of aliphatic hydroxyl groups excluding tert-OH is 1. The van der Waals surface area contributed by atoms with E-state index in [0.717, 1.165) is 0 Å². The molecular weight excluding hydrogens is 559 g/mol. The number of carbonyl (C=O) groups excluding carboxylic acids is 1.